The second-order valence-corrected chi connectivity index (χ2v) is 9.98. The van der Waals surface area contributed by atoms with Gasteiger partial charge < -0.3 is 0 Å². The third-order valence-corrected chi connectivity index (χ3v) is 7.41. The Labute approximate surface area is 204 Å². The van der Waals surface area contributed by atoms with Crippen molar-refractivity contribution in [1.29, 1.82) is 0 Å². The van der Waals surface area contributed by atoms with E-state index in [0.29, 0.717) is 29.5 Å². The lowest BCUT2D eigenvalue weighted by Gasteiger charge is -2.19. The van der Waals surface area contributed by atoms with Crippen LogP contribution in [0.25, 0.3) is 11.1 Å². The van der Waals surface area contributed by atoms with Crippen LogP contribution < -0.4 is 4.72 Å². The lowest BCUT2D eigenvalue weighted by Crippen LogP contribution is -2.15. The second kappa shape index (κ2) is 8.98. The maximum absolute atomic E-state index is 13.5. The molecule has 2 heterocycles. The smallest absolute Gasteiger partial charge is 0.247 e. The number of fused-ring (bicyclic) bond motifs is 1. The van der Waals surface area contributed by atoms with Crippen LogP contribution in [-0.4, -0.2) is 23.4 Å². The summed E-state index contributed by atoms with van der Waals surface area (Å²) in [5, 5.41) is 0. The van der Waals surface area contributed by atoms with E-state index in [4.69, 9.17) is 0 Å². The monoisotopic (exact) mass is 513 g/mol. The van der Waals surface area contributed by atoms with Crippen molar-refractivity contribution in [3.05, 3.63) is 101 Å². The molecule has 2 aromatic heterocycles. The van der Waals surface area contributed by atoms with Crippen molar-refractivity contribution in [2.45, 2.75) is 29.8 Å². The van der Waals surface area contributed by atoms with Crippen molar-refractivity contribution < 1.29 is 26.0 Å². The van der Waals surface area contributed by atoms with Gasteiger partial charge in [-0.05, 0) is 77.6 Å². The number of hydrogen-bond acceptors (Lipinski definition) is 5. The van der Waals surface area contributed by atoms with E-state index in [2.05, 4.69) is 19.7 Å². The summed E-state index contributed by atoms with van der Waals surface area (Å²) in [4.78, 5) is 11.4. The highest BCUT2D eigenvalue weighted by atomic mass is 32.2. The first-order valence-corrected chi connectivity index (χ1v) is 12.4. The van der Waals surface area contributed by atoms with Crippen molar-refractivity contribution in [2.75, 3.05) is 4.72 Å². The van der Waals surface area contributed by atoms with Crippen LogP contribution in [0.2, 0.25) is 0 Å². The molecule has 5 rings (SSSR count). The summed E-state index contributed by atoms with van der Waals surface area (Å²) in [7, 11) is -3.94. The molecule has 4 aromatic rings. The number of benzene rings is 2. The fourth-order valence-electron chi connectivity index (χ4n) is 4.44. The molecule has 1 aliphatic carbocycles. The van der Waals surface area contributed by atoms with Crippen molar-refractivity contribution >= 4 is 16.0 Å². The maximum atomic E-state index is 13.5. The fourth-order valence-corrected chi connectivity index (χ4v) is 5.44. The zero-order valence-corrected chi connectivity index (χ0v) is 19.3. The average molecular weight is 514 g/mol. The summed E-state index contributed by atoms with van der Waals surface area (Å²) in [6.07, 6.45) is 0.589. The molecule has 184 valence electrons. The molecule has 36 heavy (non-hydrogen) atoms. The lowest BCUT2D eigenvalue weighted by atomic mass is 9.86. The Bertz CT molecular complexity index is 1530. The Kier molecular flexibility index (Phi) is 5.95. The van der Waals surface area contributed by atoms with Crippen molar-refractivity contribution in [1.82, 2.24) is 15.0 Å². The number of nitrogens with one attached hydrogen (secondary N) is 1. The molecule has 0 radical (unpaired) electrons. The molecule has 0 spiro atoms. The number of sulfonamides is 1. The Balaban J connectivity index is 1.53. The summed E-state index contributed by atoms with van der Waals surface area (Å²) in [5.74, 6) is -1.07. The largest absolute Gasteiger partial charge is 0.416 e. The van der Waals surface area contributed by atoms with E-state index >= 15 is 0 Å². The number of pyridine rings is 1. The molecule has 6 nitrogen and oxygen atoms in total. The van der Waals surface area contributed by atoms with Crippen LogP contribution in [0.1, 0.15) is 34.6 Å². The second-order valence-electron chi connectivity index (χ2n) is 8.30. The molecule has 11 heteroatoms. The zero-order valence-electron chi connectivity index (χ0n) is 18.5. The molecule has 0 fully saturated rings. The van der Waals surface area contributed by atoms with Gasteiger partial charge in [-0.3, -0.25) is 0 Å². The molecular weight excluding hydrogens is 495 g/mol. The third-order valence-electron chi connectivity index (χ3n) is 6.09. The van der Waals surface area contributed by atoms with Gasteiger partial charge in [0.1, 0.15) is 0 Å². The van der Waals surface area contributed by atoms with Crippen LogP contribution in [0, 0.1) is 5.95 Å². The highest BCUT2D eigenvalue weighted by Gasteiger charge is 2.33. The lowest BCUT2D eigenvalue weighted by molar-refractivity contribution is -0.137. The first-order chi connectivity index (χ1) is 17.1. The number of nitrogens with zero attached hydrogens (tertiary/aromatic N) is 3. The maximum Gasteiger partial charge on any atom is 0.416 e. The molecule has 0 amide bonds. The van der Waals surface area contributed by atoms with Gasteiger partial charge in [-0.2, -0.15) is 17.6 Å². The highest BCUT2D eigenvalue weighted by Crippen LogP contribution is 2.44. The summed E-state index contributed by atoms with van der Waals surface area (Å²) in [5.41, 5.74) is 2.06. The Morgan fingerprint density at radius 2 is 1.67 bits per heavy atom. The van der Waals surface area contributed by atoms with Crippen LogP contribution in [-0.2, 0) is 22.6 Å². The number of hydrogen-bond donors (Lipinski definition) is 1. The number of aromatic nitrogens is 3. The number of rotatable bonds is 5. The van der Waals surface area contributed by atoms with Gasteiger partial charge in [-0.1, -0.05) is 12.1 Å². The molecule has 0 bridgehead atoms. The van der Waals surface area contributed by atoms with E-state index in [1.807, 2.05) is 0 Å². The molecule has 0 saturated heterocycles. The van der Waals surface area contributed by atoms with Crippen molar-refractivity contribution in [2.24, 2.45) is 0 Å². The topological polar surface area (TPSA) is 84.8 Å². The summed E-state index contributed by atoms with van der Waals surface area (Å²) in [6, 6.07) is 12.2. The van der Waals surface area contributed by atoms with E-state index in [1.54, 1.807) is 18.2 Å². The molecular formula is C25H18F4N4O2S. The highest BCUT2D eigenvalue weighted by molar-refractivity contribution is 7.92. The standard InChI is InChI=1S/C25H18F4N4O2S/c26-23-9-3-16(14-32-23)22-13-17(25(27,28)29)4-7-21(22)20-6-2-15-12-18(5-8-19(15)20)36(34,35)33-24-30-10-1-11-31-24/h1,3-5,7-14,20H,2,6H2,(H,30,31,33)/t20-/m0/s1/i26-1. The van der Waals surface area contributed by atoms with Gasteiger partial charge in [-0.15, -0.1) is 0 Å². The molecule has 0 saturated carbocycles. The van der Waals surface area contributed by atoms with Crippen LogP contribution >= 0.6 is 0 Å². The van der Waals surface area contributed by atoms with Crippen molar-refractivity contribution in [3.63, 3.8) is 0 Å². The van der Waals surface area contributed by atoms with Gasteiger partial charge in [0.25, 0.3) is 10.0 Å². The predicted octanol–water partition coefficient (Wildman–Crippen LogP) is 5.58. The molecule has 2 aromatic carbocycles. The SMILES string of the molecule is O=S(=O)(Nc1ncccn1)c1ccc2c(c1)CC[C@@H]2c1ccc(C(F)(F)F)cc1-c1ccc([18F])nc1. The number of aryl methyl sites for hydroxylation is 1. The van der Waals surface area contributed by atoms with Gasteiger partial charge in [0, 0.05) is 30.1 Å². The predicted molar refractivity (Wildman–Crippen MR) is 124 cm³/mol. The minimum absolute atomic E-state index is 0.0322. The first-order valence-electron chi connectivity index (χ1n) is 10.9. The number of halogens is 4. The van der Waals surface area contributed by atoms with Gasteiger partial charge >= 0.3 is 6.18 Å². The minimum Gasteiger partial charge on any atom is -0.247 e. The van der Waals surface area contributed by atoms with E-state index in [-0.39, 0.29) is 16.8 Å². The van der Waals surface area contributed by atoms with Gasteiger partial charge in [0.15, 0.2) is 0 Å². The number of anilines is 1. The van der Waals surface area contributed by atoms with Crippen molar-refractivity contribution in [3.8, 4) is 11.1 Å². The van der Waals surface area contributed by atoms with Crippen LogP contribution in [0.4, 0.5) is 23.5 Å². The molecule has 0 unspecified atom stereocenters. The fraction of sp³-hybridized carbons (Fsp3) is 0.160. The molecule has 0 aliphatic heterocycles. The Morgan fingerprint density at radius 1 is 0.917 bits per heavy atom. The van der Waals surface area contributed by atoms with E-state index in [1.165, 1.54) is 36.8 Å². The Morgan fingerprint density at radius 3 is 2.36 bits per heavy atom. The summed E-state index contributed by atoms with van der Waals surface area (Å²) in [6.45, 7) is 0. The molecule has 1 N–H and O–H groups in total. The van der Waals surface area contributed by atoms with E-state index in [0.717, 1.165) is 29.3 Å². The van der Waals surface area contributed by atoms with E-state index in [9.17, 15) is 26.0 Å². The summed E-state index contributed by atoms with van der Waals surface area (Å²) < 4.78 is 81.7. The quantitative estimate of drug-likeness (QED) is 0.278. The Hall–Kier alpha value is -3.86. The number of alkyl halides is 3. The molecule has 1 aliphatic rings. The van der Waals surface area contributed by atoms with Crippen LogP contribution in [0.5, 0.6) is 0 Å². The summed E-state index contributed by atoms with van der Waals surface area (Å²) >= 11 is 0. The van der Waals surface area contributed by atoms with Crippen LogP contribution in [0.15, 0.2) is 78.1 Å². The van der Waals surface area contributed by atoms with Gasteiger partial charge in [0.05, 0.1) is 10.5 Å². The van der Waals surface area contributed by atoms with Crippen LogP contribution in [0.3, 0.4) is 0 Å². The van der Waals surface area contributed by atoms with Gasteiger partial charge in [-0.25, -0.2) is 28.1 Å². The minimum atomic E-state index is -4.55. The molecule has 1 atom stereocenters. The first kappa shape index (κ1) is 23.9. The average Bonchev–Trinajstić information content (AvgIpc) is 3.27. The third kappa shape index (κ3) is 4.66. The van der Waals surface area contributed by atoms with Gasteiger partial charge in [0.2, 0.25) is 11.9 Å². The van der Waals surface area contributed by atoms with E-state index < -0.39 is 27.7 Å². The zero-order chi connectivity index (χ0) is 25.5. The normalized spacial score (nSPS) is 15.5.